The van der Waals surface area contributed by atoms with E-state index in [1.54, 1.807) is 12.1 Å². The maximum Gasteiger partial charge on any atom is 0.410 e. The number of carbonyl (C=O) groups excluding carboxylic acids is 2. The summed E-state index contributed by atoms with van der Waals surface area (Å²) in [6.07, 6.45) is 6.09. The smallest absolute Gasteiger partial charge is 0.410 e. The second-order valence-electron chi connectivity index (χ2n) is 9.06. The first-order valence-corrected chi connectivity index (χ1v) is 9.98. The molecule has 1 atom stereocenters. The number of piperidine rings is 1. The van der Waals surface area contributed by atoms with Crippen LogP contribution in [0.3, 0.4) is 0 Å². The van der Waals surface area contributed by atoms with Gasteiger partial charge in [0.2, 0.25) is 0 Å². The minimum absolute atomic E-state index is 0.0475. The molecule has 1 aliphatic heterocycles. The van der Waals surface area contributed by atoms with Gasteiger partial charge in [0.05, 0.1) is 18.7 Å². The van der Waals surface area contributed by atoms with E-state index in [4.69, 9.17) is 9.47 Å². The number of hydrogen-bond acceptors (Lipinski definition) is 4. The van der Waals surface area contributed by atoms with Crippen molar-refractivity contribution in [1.29, 1.82) is 0 Å². The lowest BCUT2D eigenvalue weighted by Gasteiger charge is -2.52. The van der Waals surface area contributed by atoms with Gasteiger partial charge in [0, 0.05) is 6.54 Å². The van der Waals surface area contributed by atoms with Gasteiger partial charge < -0.3 is 14.4 Å². The van der Waals surface area contributed by atoms with Crippen molar-refractivity contribution >= 4 is 12.1 Å². The molecule has 1 saturated carbocycles. The lowest BCUT2D eigenvalue weighted by Crippen LogP contribution is -2.49. The molecule has 0 unspecified atom stereocenters. The Bertz CT molecular complexity index is 765. The molecule has 5 nitrogen and oxygen atoms in total. The Morgan fingerprint density at radius 1 is 1.18 bits per heavy atom. The fraction of sp³-hybridized carbons (Fsp3) is 0.565. The first-order valence-electron chi connectivity index (χ1n) is 9.98. The number of likely N-dealkylation sites (tertiary alicyclic amines) is 1. The largest absolute Gasteiger partial charge is 0.465 e. The standard InChI is InChI=1S/C23H31NO4/c1-6-16-13-23(14-16)11-12-24(21(26)28-22(2,3)4)19(15-23)17-7-9-18(10-8-17)20(25)27-5/h6-10,19H,11-15H2,1-5H3/t19-,23?/m0/s1. The summed E-state index contributed by atoms with van der Waals surface area (Å²) >= 11 is 0. The third-order valence-corrected chi connectivity index (χ3v) is 5.84. The molecule has 1 spiro atoms. The normalized spacial score (nSPS) is 24.5. The lowest BCUT2D eigenvalue weighted by molar-refractivity contribution is -0.0177. The van der Waals surface area contributed by atoms with Gasteiger partial charge in [-0.3, -0.25) is 0 Å². The predicted molar refractivity (Wildman–Crippen MR) is 108 cm³/mol. The number of hydrogen-bond donors (Lipinski definition) is 0. The average Bonchev–Trinajstić information content (AvgIpc) is 2.63. The first kappa shape index (κ1) is 20.4. The first-order chi connectivity index (χ1) is 13.2. The van der Waals surface area contributed by atoms with Gasteiger partial charge in [0.1, 0.15) is 5.60 Å². The fourth-order valence-corrected chi connectivity index (χ4v) is 4.37. The second kappa shape index (κ2) is 7.61. The highest BCUT2D eigenvalue weighted by Crippen LogP contribution is 2.56. The molecule has 0 bridgehead atoms. The fourth-order valence-electron chi connectivity index (χ4n) is 4.37. The Hall–Kier alpha value is -2.30. The van der Waals surface area contributed by atoms with Crippen LogP contribution in [0, 0.1) is 5.41 Å². The van der Waals surface area contributed by atoms with Crippen molar-refractivity contribution in [3.05, 3.63) is 47.0 Å². The zero-order chi connectivity index (χ0) is 20.5. The molecule has 2 aliphatic rings. The molecule has 1 amide bonds. The number of allylic oxidation sites excluding steroid dienone is 2. The Labute approximate surface area is 167 Å². The van der Waals surface area contributed by atoms with Crippen LogP contribution in [-0.4, -0.2) is 36.2 Å². The maximum absolute atomic E-state index is 12.9. The van der Waals surface area contributed by atoms with Crippen molar-refractivity contribution in [2.45, 2.75) is 65.0 Å². The second-order valence-corrected chi connectivity index (χ2v) is 9.06. The van der Waals surface area contributed by atoms with Crippen molar-refractivity contribution < 1.29 is 19.1 Å². The third-order valence-electron chi connectivity index (χ3n) is 5.84. The summed E-state index contributed by atoms with van der Waals surface area (Å²) in [6, 6.07) is 7.36. The summed E-state index contributed by atoms with van der Waals surface area (Å²) < 4.78 is 10.5. The van der Waals surface area contributed by atoms with Gasteiger partial charge in [-0.1, -0.05) is 23.8 Å². The molecule has 5 heteroatoms. The Morgan fingerprint density at radius 2 is 1.82 bits per heavy atom. The molecule has 1 saturated heterocycles. The van der Waals surface area contributed by atoms with E-state index >= 15 is 0 Å². The minimum Gasteiger partial charge on any atom is -0.465 e. The van der Waals surface area contributed by atoms with Crippen LogP contribution in [0.15, 0.2) is 35.9 Å². The molecule has 1 aliphatic carbocycles. The number of carbonyl (C=O) groups is 2. The summed E-state index contributed by atoms with van der Waals surface area (Å²) in [6.45, 7) is 8.46. The van der Waals surface area contributed by atoms with Crippen LogP contribution < -0.4 is 0 Å². The van der Waals surface area contributed by atoms with E-state index in [0.717, 1.165) is 31.2 Å². The molecule has 0 N–H and O–H groups in total. The molecule has 1 heterocycles. The minimum atomic E-state index is -0.528. The Morgan fingerprint density at radius 3 is 2.36 bits per heavy atom. The highest BCUT2D eigenvalue weighted by Gasteiger charge is 2.48. The summed E-state index contributed by atoms with van der Waals surface area (Å²) in [5.41, 5.74) is 2.80. The van der Waals surface area contributed by atoms with Crippen molar-refractivity contribution in [3.8, 4) is 0 Å². The Kier molecular flexibility index (Phi) is 5.55. The van der Waals surface area contributed by atoms with Crippen molar-refractivity contribution in [2.24, 2.45) is 5.41 Å². The monoisotopic (exact) mass is 385 g/mol. The van der Waals surface area contributed by atoms with Gasteiger partial charge in [-0.15, -0.1) is 0 Å². The van der Waals surface area contributed by atoms with Gasteiger partial charge >= 0.3 is 12.1 Å². The maximum atomic E-state index is 12.9. The summed E-state index contributed by atoms with van der Waals surface area (Å²) in [5, 5.41) is 0. The number of esters is 1. The zero-order valence-corrected chi connectivity index (χ0v) is 17.6. The molecule has 1 aromatic carbocycles. The van der Waals surface area contributed by atoms with Crippen LogP contribution >= 0.6 is 0 Å². The molecule has 28 heavy (non-hydrogen) atoms. The molecular formula is C23H31NO4. The van der Waals surface area contributed by atoms with Crippen LogP contribution in [0.25, 0.3) is 0 Å². The number of amides is 1. The van der Waals surface area contributed by atoms with E-state index in [-0.39, 0.29) is 23.5 Å². The molecule has 152 valence electrons. The number of nitrogens with zero attached hydrogens (tertiary/aromatic N) is 1. The van der Waals surface area contributed by atoms with Crippen LogP contribution in [0.2, 0.25) is 0 Å². The number of rotatable bonds is 2. The van der Waals surface area contributed by atoms with Gasteiger partial charge in [-0.25, -0.2) is 9.59 Å². The van der Waals surface area contributed by atoms with E-state index in [1.807, 2.05) is 37.8 Å². The quantitative estimate of drug-likeness (QED) is 0.514. The van der Waals surface area contributed by atoms with Crippen LogP contribution in [0.1, 0.15) is 75.3 Å². The molecule has 0 radical (unpaired) electrons. The van der Waals surface area contributed by atoms with Gasteiger partial charge in [0.25, 0.3) is 0 Å². The Balaban J connectivity index is 1.86. The zero-order valence-electron chi connectivity index (χ0n) is 17.6. The third kappa shape index (κ3) is 4.23. The van der Waals surface area contributed by atoms with E-state index in [1.165, 1.54) is 12.7 Å². The van der Waals surface area contributed by atoms with Gasteiger partial charge in [-0.05, 0) is 76.5 Å². The van der Waals surface area contributed by atoms with E-state index in [2.05, 4.69) is 13.0 Å². The van der Waals surface area contributed by atoms with E-state index in [0.29, 0.717) is 12.1 Å². The lowest BCUT2D eigenvalue weighted by atomic mass is 9.58. The van der Waals surface area contributed by atoms with Crippen LogP contribution in [0.5, 0.6) is 0 Å². The summed E-state index contributed by atoms with van der Waals surface area (Å²) in [5.74, 6) is -0.354. The number of methoxy groups -OCH3 is 1. The van der Waals surface area contributed by atoms with Crippen molar-refractivity contribution in [1.82, 2.24) is 4.90 Å². The number of ether oxygens (including phenoxy) is 2. The SMILES string of the molecule is CC=C1CC2(CCN(C(=O)OC(C)(C)C)[C@H](c3ccc(C(=O)OC)cc3)C2)C1. The van der Waals surface area contributed by atoms with Crippen molar-refractivity contribution in [2.75, 3.05) is 13.7 Å². The predicted octanol–water partition coefficient (Wildman–Crippen LogP) is 5.27. The van der Waals surface area contributed by atoms with E-state index < -0.39 is 5.60 Å². The average molecular weight is 386 g/mol. The molecule has 0 aromatic heterocycles. The molecule has 1 aromatic rings. The molecule has 2 fully saturated rings. The molecule has 3 rings (SSSR count). The van der Waals surface area contributed by atoms with E-state index in [9.17, 15) is 9.59 Å². The summed E-state index contributed by atoms with van der Waals surface area (Å²) in [4.78, 5) is 26.5. The highest BCUT2D eigenvalue weighted by molar-refractivity contribution is 5.89. The van der Waals surface area contributed by atoms with Crippen molar-refractivity contribution in [3.63, 3.8) is 0 Å². The van der Waals surface area contributed by atoms with Gasteiger partial charge in [-0.2, -0.15) is 0 Å². The van der Waals surface area contributed by atoms with Crippen LogP contribution in [0.4, 0.5) is 4.79 Å². The topological polar surface area (TPSA) is 55.8 Å². The van der Waals surface area contributed by atoms with Crippen LogP contribution in [-0.2, 0) is 9.47 Å². The van der Waals surface area contributed by atoms with Gasteiger partial charge in [0.15, 0.2) is 0 Å². The molecular weight excluding hydrogens is 354 g/mol. The highest BCUT2D eigenvalue weighted by atomic mass is 16.6. The number of benzene rings is 1. The summed E-state index contributed by atoms with van der Waals surface area (Å²) in [7, 11) is 1.38.